The fourth-order valence-electron chi connectivity index (χ4n) is 2.90. The Bertz CT molecular complexity index is 1190. The van der Waals surface area contributed by atoms with Crippen LogP contribution in [0, 0.1) is 0 Å². The summed E-state index contributed by atoms with van der Waals surface area (Å²) in [6.07, 6.45) is -0.958. The molecule has 0 saturated carbocycles. The third-order valence-electron chi connectivity index (χ3n) is 4.43. The van der Waals surface area contributed by atoms with Gasteiger partial charge in [0.2, 0.25) is 0 Å². The second-order valence-corrected chi connectivity index (χ2v) is 7.76. The normalized spacial score (nSPS) is 11.8. The molecule has 4 aromatic rings. The number of halogens is 4. The van der Waals surface area contributed by atoms with E-state index in [4.69, 9.17) is 11.6 Å². The smallest absolute Gasteiger partial charge is 0.337 e. The van der Waals surface area contributed by atoms with Crippen LogP contribution in [-0.4, -0.2) is 24.3 Å². The average Bonchev–Trinajstić information content (AvgIpc) is 3.32. The summed E-state index contributed by atoms with van der Waals surface area (Å²) in [6.45, 7) is 0. The number of imidazole rings is 1. The van der Waals surface area contributed by atoms with Gasteiger partial charge < -0.3 is 4.57 Å². The second-order valence-electron chi connectivity index (χ2n) is 6.41. The van der Waals surface area contributed by atoms with Gasteiger partial charge in [-0.15, -0.1) is 10.2 Å². The summed E-state index contributed by atoms with van der Waals surface area (Å²) < 4.78 is 43.3. The van der Waals surface area contributed by atoms with Gasteiger partial charge in [-0.1, -0.05) is 41.6 Å². The van der Waals surface area contributed by atoms with Gasteiger partial charge in [0.25, 0.3) is 0 Å². The molecular formula is C20H15ClF3N5S. The van der Waals surface area contributed by atoms with E-state index in [2.05, 4.69) is 15.2 Å². The molecule has 4 rings (SSSR count). The summed E-state index contributed by atoms with van der Waals surface area (Å²) >= 11 is 7.66. The van der Waals surface area contributed by atoms with Gasteiger partial charge in [0.1, 0.15) is 5.82 Å². The van der Waals surface area contributed by atoms with Crippen LogP contribution in [0.25, 0.3) is 17.1 Å². The van der Waals surface area contributed by atoms with Crippen LogP contribution in [0.2, 0.25) is 5.02 Å². The first kappa shape index (κ1) is 20.5. The highest BCUT2D eigenvalue weighted by Gasteiger charge is 2.31. The Morgan fingerprint density at radius 3 is 2.57 bits per heavy atom. The van der Waals surface area contributed by atoms with Crippen molar-refractivity contribution in [3.05, 3.63) is 77.3 Å². The number of nitrogens with zero attached hydrogens (tertiary/aromatic N) is 5. The zero-order chi connectivity index (χ0) is 21.3. The monoisotopic (exact) mass is 449 g/mol. The maximum absolute atomic E-state index is 13.3. The van der Waals surface area contributed by atoms with Crippen LogP contribution in [-0.2, 0) is 19.0 Å². The van der Waals surface area contributed by atoms with Crippen LogP contribution >= 0.6 is 23.4 Å². The second kappa shape index (κ2) is 8.16. The predicted octanol–water partition coefficient (Wildman–Crippen LogP) is 5.63. The molecule has 30 heavy (non-hydrogen) atoms. The fraction of sp³-hybridized carbons (Fsp3) is 0.150. The van der Waals surface area contributed by atoms with E-state index in [9.17, 15) is 13.2 Å². The van der Waals surface area contributed by atoms with Crippen molar-refractivity contribution in [3.63, 3.8) is 0 Å². The Hall–Kier alpha value is -2.78. The molecule has 10 heteroatoms. The fourth-order valence-corrected chi connectivity index (χ4v) is 4.08. The molecule has 0 aliphatic rings. The van der Waals surface area contributed by atoms with E-state index in [1.54, 1.807) is 41.1 Å². The minimum absolute atomic E-state index is 0.298. The number of hydrogen-bond acceptors (Lipinski definition) is 4. The summed E-state index contributed by atoms with van der Waals surface area (Å²) in [5.41, 5.74) is 0.124. The SMILES string of the molecule is Cn1ccnc1CSc1nnc(-c2ccccc2Cl)n1-c1cccc(C(F)(F)F)c1. The molecule has 0 unspecified atom stereocenters. The molecule has 2 aromatic carbocycles. The lowest BCUT2D eigenvalue weighted by Gasteiger charge is -2.13. The van der Waals surface area contributed by atoms with E-state index in [0.717, 1.165) is 18.0 Å². The Kier molecular flexibility index (Phi) is 5.57. The van der Waals surface area contributed by atoms with E-state index in [-0.39, 0.29) is 0 Å². The predicted molar refractivity (Wildman–Crippen MR) is 110 cm³/mol. The zero-order valence-corrected chi connectivity index (χ0v) is 17.2. The van der Waals surface area contributed by atoms with E-state index in [1.807, 2.05) is 17.8 Å². The molecule has 0 N–H and O–H groups in total. The highest BCUT2D eigenvalue weighted by Crippen LogP contribution is 2.35. The molecule has 0 spiro atoms. The van der Waals surface area contributed by atoms with E-state index in [0.29, 0.717) is 33.0 Å². The summed E-state index contributed by atoms with van der Waals surface area (Å²) in [5, 5.41) is 9.33. The molecule has 0 amide bonds. The average molecular weight is 450 g/mol. The van der Waals surface area contributed by atoms with Crippen molar-refractivity contribution >= 4 is 23.4 Å². The molecule has 0 saturated heterocycles. The molecule has 0 atom stereocenters. The Labute approximate surface area is 179 Å². The minimum atomic E-state index is -4.46. The van der Waals surface area contributed by atoms with Crippen molar-refractivity contribution in [2.75, 3.05) is 0 Å². The van der Waals surface area contributed by atoms with Gasteiger partial charge in [0, 0.05) is 25.0 Å². The van der Waals surface area contributed by atoms with E-state index in [1.165, 1.54) is 17.8 Å². The zero-order valence-electron chi connectivity index (χ0n) is 15.6. The number of alkyl halides is 3. The number of thioether (sulfide) groups is 1. The Morgan fingerprint density at radius 2 is 1.87 bits per heavy atom. The molecule has 0 bridgehead atoms. The lowest BCUT2D eigenvalue weighted by Crippen LogP contribution is -2.07. The van der Waals surface area contributed by atoms with Crippen molar-refractivity contribution in [3.8, 4) is 17.1 Å². The topological polar surface area (TPSA) is 48.5 Å². The molecule has 0 aliphatic carbocycles. The van der Waals surface area contributed by atoms with Gasteiger partial charge in [-0.25, -0.2) is 4.98 Å². The summed E-state index contributed by atoms with van der Waals surface area (Å²) in [4.78, 5) is 4.27. The molecule has 0 radical (unpaired) electrons. The number of aromatic nitrogens is 5. The maximum atomic E-state index is 13.3. The van der Waals surface area contributed by atoms with Crippen LogP contribution < -0.4 is 0 Å². The standard InChI is InChI=1S/C20H15ClF3N5S/c1-28-10-9-25-17(28)12-30-19-27-26-18(15-7-2-3-8-16(15)21)29(19)14-6-4-5-13(11-14)20(22,23)24/h2-11H,12H2,1H3. The molecule has 2 aromatic heterocycles. The number of rotatable bonds is 5. The summed E-state index contributed by atoms with van der Waals surface area (Å²) in [5.74, 6) is 1.64. The highest BCUT2D eigenvalue weighted by atomic mass is 35.5. The van der Waals surface area contributed by atoms with E-state index >= 15 is 0 Å². The minimum Gasteiger partial charge on any atom is -0.337 e. The summed E-state index contributed by atoms with van der Waals surface area (Å²) in [7, 11) is 1.87. The first-order chi connectivity index (χ1) is 14.3. The lowest BCUT2D eigenvalue weighted by molar-refractivity contribution is -0.137. The van der Waals surface area contributed by atoms with Gasteiger partial charge in [-0.05, 0) is 30.3 Å². The Balaban J connectivity index is 1.82. The third kappa shape index (κ3) is 4.08. The van der Waals surface area contributed by atoms with Crippen LogP contribution in [0.1, 0.15) is 11.4 Å². The number of benzene rings is 2. The molecule has 5 nitrogen and oxygen atoms in total. The van der Waals surface area contributed by atoms with Crippen LogP contribution in [0.4, 0.5) is 13.2 Å². The van der Waals surface area contributed by atoms with Crippen LogP contribution in [0.5, 0.6) is 0 Å². The maximum Gasteiger partial charge on any atom is 0.416 e. The van der Waals surface area contributed by atoms with Crippen molar-refractivity contribution in [1.82, 2.24) is 24.3 Å². The number of hydrogen-bond donors (Lipinski definition) is 0. The molecule has 2 heterocycles. The van der Waals surface area contributed by atoms with Crippen molar-refractivity contribution in [2.24, 2.45) is 7.05 Å². The van der Waals surface area contributed by atoms with Crippen molar-refractivity contribution in [2.45, 2.75) is 17.1 Å². The van der Waals surface area contributed by atoms with Crippen LogP contribution in [0.3, 0.4) is 0 Å². The molecule has 0 fully saturated rings. The molecular weight excluding hydrogens is 435 g/mol. The summed E-state index contributed by atoms with van der Waals surface area (Å²) in [6, 6.07) is 12.1. The van der Waals surface area contributed by atoms with Crippen LogP contribution in [0.15, 0.2) is 66.1 Å². The first-order valence-corrected chi connectivity index (χ1v) is 10.2. The quantitative estimate of drug-likeness (QED) is 0.370. The largest absolute Gasteiger partial charge is 0.416 e. The van der Waals surface area contributed by atoms with Gasteiger partial charge in [-0.3, -0.25) is 4.57 Å². The highest BCUT2D eigenvalue weighted by molar-refractivity contribution is 7.98. The lowest BCUT2D eigenvalue weighted by atomic mass is 10.1. The molecule has 154 valence electrons. The van der Waals surface area contributed by atoms with Gasteiger partial charge >= 0.3 is 6.18 Å². The van der Waals surface area contributed by atoms with Gasteiger partial charge in [-0.2, -0.15) is 13.2 Å². The third-order valence-corrected chi connectivity index (χ3v) is 5.69. The first-order valence-electron chi connectivity index (χ1n) is 8.81. The van der Waals surface area contributed by atoms with Crippen molar-refractivity contribution < 1.29 is 13.2 Å². The van der Waals surface area contributed by atoms with E-state index < -0.39 is 11.7 Å². The molecule has 0 aliphatic heterocycles. The Morgan fingerprint density at radius 1 is 1.07 bits per heavy atom. The van der Waals surface area contributed by atoms with Crippen molar-refractivity contribution in [1.29, 1.82) is 0 Å². The van der Waals surface area contributed by atoms with Gasteiger partial charge in [0.15, 0.2) is 11.0 Å². The van der Waals surface area contributed by atoms with Gasteiger partial charge in [0.05, 0.1) is 22.0 Å². The number of aryl methyl sites for hydroxylation is 1.